The minimum absolute atomic E-state index is 0.0722. The average molecular weight is 1050 g/mol. The molecule has 8 heteroatoms. The van der Waals surface area contributed by atoms with E-state index in [-0.39, 0.29) is 10.8 Å². The lowest BCUT2D eigenvalue weighted by Gasteiger charge is -2.27. The summed E-state index contributed by atoms with van der Waals surface area (Å²) in [6, 6.07) is 67.8. The van der Waals surface area contributed by atoms with Crippen LogP contribution in [0.4, 0.5) is 34.1 Å². The Labute approximate surface area is 459 Å². The highest BCUT2D eigenvalue weighted by atomic mass is 28.3. The van der Waals surface area contributed by atoms with Crippen LogP contribution >= 0.6 is 0 Å². The summed E-state index contributed by atoms with van der Waals surface area (Å²) in [6.45, 7) is 28.2. The molecule has 9 aromatic carbocycles. The number of fused-ring (bicyclic) bond motifs is 12. The van der Waals surface area contributed by atoms with E-state index in [9.17, 15) is 10.5 Å². The van der Waals surface area contributed by atoms with Gasteiger partial charge in [0.1, 0.15) is 0 Å². The highest BCUT2D eigenvalue weighted by Gasteiger charge is 2.30. The molecule has 0 amide bonds. The molecule has 78 heavy (non-hydrogen) atoms. The van der Waals surface area contributed by atoms with Gasteiger partial charge in [-0.3, -0.25) is 0 Å². The van der Waals surface area contributed by atoms with Crippen LogP contribution in [0.15, 0.2) is 170 Å². The van der Waals surface area contributed by atoms with Crippen LogP contribution in [0.5, 0.6) is 0 Å². The molecule has 0 aliphatic rings. The van der Waals surface area contributed by atoms with Crippen molar-refractivity contribution >= 4 is 137 Å². The molecule has 0 unspecified atom stereocenters. The molecule has 382 valence electrons. The van der Waals surface area contributed by atoms with E-state index >= 15 is 0 Å². The minimum atomic E-state index is -1.58. The van der Waals surface area contributed by atoms with E-state index in [1.54, 1.807) is 0 Å². The van der Waals surface area contributed by atoms with E-state index in [0.717, 1.165) is 34.1 Å². The predicted octanol–water partition coefficient (Wildman–Crippen LogP) is 18.4. The molecule has 0 saturated heterocycles. The zero-order chi connectivity index (χ0) is 54.5. The molecule has 4 aromatic heterocycles. The van der Waals surface area contributed by atoms with Crippen molar-refractivity contribution in [3.05, 3.63) is 192 Å². The Morgan fingerprint density at radius 2 is 0.692 bits per heavy atom. The van der Waals surface area contributed by atoms with Crippen LogP contribution in [0.3, 0.4) is 0 Å². The zero-order valence-corrected chi connectivity index (χ0v) is 48.8. The summed E-state index contributed by atoms with van der Waals surface area (Å²) < 4.78 is 5.08. The van der Waals surface area contributed by atoms with E-state index in [1.807, 2.05) is 24.3 Å². The third kappa shape index (κ3) is 7.52. The third-order valence-electron chi connectivity index (χ3n) is 16.7. The molecule has 4 heterocycles. The molecule has 0 aliphatic carbocycles. The summed E-state index contributed by atoms with van der Waals surface area (Å²) in [7, 11) is -3.16. The second kappa shape index (κ2) is 17.0. The molecule has 13 aromatic rings. The number of rotatable bonds is 8. The topological polar surface area (TPSA) is 62.9 Å². The number of nitrogens with zero attached hydrogens (tertiary/aromatic N) is 6. The number of nitriles is 2. The monoisotopic (exact) mass is 1040 g/mol. The van der Waals surface area contributed by atoms with Crippen molar-refractivity contribution in [1.29, 1.82) is 10.5 Å². The second-order valence-electron chi connectivity index (χ2n) is 25.8. The molecule has 0 bridgehead atoms. The van der Waals surface area contributed by atoms with Gasteiger partial charge in [0.2, 0.25) is 0 Å². The van der Waals surface area contributed by atoms with Gasteiger partial charge in [0.25, 0.3) is 0 Å². The molecular weight excluding hydrogens is 981 g/mol. The van der Waals surface area contributed by atoms with Gasteiger partial charge in [-0.15, -0.1) is 0 Å². The lowest BCUT2D eigenvalue weighted by Crippen LogP contribution is -2.37. The van der Waals surface area contributed by atoms with Gasteiger partial charge in [0.05, 0.1) is 83.9 Å². The molecule has 0 aliphatic heterocycles. The predicted molar refractivity (Wildman–Crippen MR) is 338 cm³/mol. The highest BCUT2D eigenvalue weighted by Crippen LogP contribution is 2.52. The smallest absolute Gasteiger partial charge is 0.0991 e. The number of aromatic nitrogens is 2. The Hall–Kier alpha value is -8.41. The van der Waals surface area contributed by atoms with Crippen LogP contribution < -0.4 is 20.2 Å². The summed E-state index contributed by atoms with van der Waals surface area (Å²) in [5.41, 5.74) is 17.2. The number of anilines is 6. The molecule has 0 fully saturated rings. The Morgan fingerprint density at radius 3 is 1.00 bits per heavy atom. The van der Waals surface area contributed by atoms with E-state index in [0.29, 0.717) is 11.1 Å². The van der Waals surface area contributed by atoms with Crippen molar-refractivity contribution in [2.24, 2.45) is 0 Å². The number of hydrogen-bond acceptors (Lipinski definition) is 4. The molecule has 0 spiro atoms. The summed E-state index contributed by atoms with van der Waals surface area (Å²) in [5.74, 6) is 0. The van der Waals surface area contributed by atoms with Crippen LogP contribution in [-0.4, -0.2) is 24.9 Å². The first-order chi connectivity index (χ1) is 37.1. The fourth-order valence-corrected chi connectivity index (χ4v) is 14.7. The SMILES string of the molecule is CC(C)(C)c1ccc2c(c1)c1c(N(c3ccc(C#N)cc3)c3ccc([Si](C)(C)C)cc3)ccc3c4cc5c(cc4n2c31)c1ccc(N(c2ccc(C#N)cc2)c2ccc([Si](C)(C)C)cc2)c2c3cc(C(C)(C)C)ccc3n5c12. The average Bonchev–Trinajstić information content (AvgIpc) is 3.92. The molecule has 0 saturated carbocycles. The van der Waals surface area contributed by atoms with Crippen LogP contribution in [0, 0.1) is 22.7 Å². The van der Waals surface area contributed by atoms with E-state index < -0.39 is 16.1 Å². The Balaban J connectivity index is 1.12. The maximum absolute atomic E-state index is 9.91. The van der Waals surface area contributed by atoms with Crippen molar-refractivity contribution in [2.45, 2.75) is 91.7 Å². The summed E-state index contributed by atoms with van der Waals surface area (Å²) in [4.78, 5) is 4.80. The van der Waals surface area contributed by atoms with Crippen LogP contribution in [0.25, 0.3) is 76.2 Å². The fraction of sp³-hybridized carbons (Fsp3) is 0.200. The van der Waals surface area contributed by atoms with Crippen molar-refractivity contribution in [1.82, 2.24) is 8.80 Å². The number of hydrogen-bond donors (Lipinski definition) is 0. The van der Waals surface area contributed by atoms with Gasteiger partial charge < -0.3 is 18.6 Å². The van der Waals surface area contributed by atoms with Gasteiger partial charge >= 0.3 is 0 Å². The first-order valence-corrected chi connectivity index (χ1v) is 34.4. The van der Waals surface area contributed by atoms with Crippen LogP contribution in [0.1, 0.15) is 63.8 Å². The van der Waals surface area contributed by atoms with Gasteiger partial charge in [-0.05, 0) is 143 Å². The lowest BCUT2D eigenvalue weighted by atomic mass is 9.86. The van der Waals surface area contributed by atoms with Gasteiger partial charge in [0, 0.05) is 65.8 Å². The van der Waals surface area contributed by atoms with Gasteiger partial charge in [-0.25, -0.2) is 0 Å². The summed E-state index contributed by atoms with van der Waals surface area (Å²) in [5, 5.41) is 32.3. The first-order valence-electron chi connectivity index (χ1n) is 27.4. The molecule has 0 atom stereocenters. The maximum atomic E-state index is 9.91. The highest BCUT2D eigenvalue weighted by molar-refractivity contribution is 6.89. The van der Waals surface area contributed by atoms with E-state index in [1.165, 1.54) is 97.7 Å². The largest absolute Gasteiger partial charge is 0.310 e. The van der Waals surface area contributed by atoms with Crippen molar-refractivity contribution < 1.29 is 0 Å². The molecule has 0 N–H and O–H groups in total. The fourth-order valence-electron chi connectivity index (χ4n) is 12.3. The maximum Gasteiger partial charge on any atom is 0.0991 e. The molecule has 13 rings (SSSR count). The Morgan fingerprint density at radius 1 is 0.359 bits per heavy atom. The Bertz CT molecular complexity index is 4340. The van der Waals surface area contributed by atoms with Gasteiger partial charge in [-0.1, -0.05) is 140 Å². The normalized spacial score (nSPS) is 12.8. The summed E-state index contributed by atoms with van der Waals surface area (Å²) in [6.07, 6.45) is 0. The minimum Gasteiger partial charge on any atom is -0.310 e. The van der Waals surface area contributed by atoms with Crippen molar-refractivity contribution in [3.63, 3.8) is 0 Å². The van der Waals surface area contributed by atoms with Gasteiger partial charge in [0.15, 0.2) is 0 Å². The van der Waals surface area contributed by atoms with Crippen molar-refractivity contribution in [3.8, 4) is 12.1 Å². The molecule has 0 radical (unpaired) electrons. The standard InChI is InChI=1S/C70H64N6Si2/c1-69(2,3)45-17-33-59-57(37-45)65-61(73(47-19-13-43(41-71)14-20-47)49-23-27-51(28-24-49)77(7,8)9)35-31-53-55-40-64-56(39-63(55)75(59)67(53)65)54-32-36-62(66-58-38-46(70(4,5)6)18-34-60(58)76(64)68(54)66)74(48-21-15-44(42-72)16-22-48)50-25-29-52(30-26-50)78(10,11)12/h13-40H,1-12H3. The molecule has 6 nitrogen and oxygen atoms in total. The Kier molecular flexibility index (Phi) is 10.7. The third-order valence-corrected chi connectivity index (χ3v) is 20.8. The number of benzene rings is 9. The summed E-state index contributed by atoms with van der Waals surface area (Å²) >= 11 is 0. The lowest BCUT2D eigenvalue weighted by molar-refractivity contribution is 0.591. The van der Waals surface area contributed by atoms with Crippen molar-refractivity contribution in [2.75, 3.05) is 9.80 Å². The van der Waals surface area contributed by atoms with Crippen LogP contribution in [-0.2, 0) is 10.8 Å². The zero-order valence-electron chi connectivity index (χ0n) is 46.8. The van der Waals surface area contributed by atoms with Gasteiger partial charge in [-0.2, -0.15) is 10.5 Å². The quantitative estimate of drug-likeness (QED) is 0.142. The molecular formula is C70H64N6Si2. The second-order valence-corrected chi connectivity index (χ2v) is 36.0. The van der Waals surface area contributed by atoms with Crippen LogP contribution in [0.2, 0.25) is 39.3 Å². The van der Waals surface area contributed by atoms with E-state index in [4.69, 9.17) is 0 Å². The first kappa shape index (κ1) is 49.2. The van der Waals surface area contributed by atoms with E-state index in [2.05, 4.69) is 257 Å².